The molecule has 0 heterocycles. The van der Waals surface area contributed by atoms with E-state index in [2.05, 4.69) is 10.6 Å². The Balaban J connectivity index is 2.13. The van der Waals surface area contributed by atoms with Gasteiger partial charge >= 0.3 is 0 Å². The third kappa shape index (κ3) is 5.39. The van der Waals surface area contributed by atoms with Crippen LogP contribution in [0, 0.1) is 0 Å². The van der Waals surface area contributed by atoms with E-state index in [9.17, 15) is 9.59 Å². The van der Waals surface area contributed by atoms with E-state index in [1.807, 2.05) is 24.3 Å². The third-order valence-electron chi connectivity index (χ3n) is 3.30. The Morgan fingerprint density at radius 2 is 1.80 bits per heavy atom. The van der Waals surface area contributed by atoms with Gasteiger partial charge in [0.2, 0.25) is 11.8 Å². The highest BCUT2D eigenvalue weighted by Gasteiger charge is 2.08. The number of carbonyl (C=O) groups excluding carboxylic acids is 2. The van der Waals surface area contributed by atoms with E-state index in [1.54, 1.807) is 31.4 Å². The number of anilines is 2. The van der Waals surface area contributed by atoms with Crippen LogP contribution in [0.25, 0.3) is 6.08 Å². The summed E-state index contributed by atoms with van der Waals surface area (Å²) in [7, 11) is 3.10. The topological polar surface area (TPSA) is 76.7 Å². The fourth-order valence-electron chi connectivity index (χ4n) is 2.18. The van der Waals surface area contributed by atoms with Crippen LogP contribution in [0.1, 0.15) is 12.5 Å². The van der Waals surface area contributed by atoms with Crippen LogP contribution in [0.2, 0.25) is 0 Å². The number of amides is 2. The molecule has 0 bridgehead atoms. The van der Waals surface area contributed by atoms with Crippen molar-refractivity contribution < 1.29 is 19.1 Å². The van der Waals surface area contributed by atoms with E-state index < -0.39 is 0 Å². The van der Waals surface area contributed by atoms with Crippen LogP contribution in [-0.2, 0) is 9.59 Å². The second-order valence-corrected chi connectivity index (χ2v) is 5.20. The van der Waals surface area contributed by atoms with Crippen molar-refractivity contribution >= 4 is 29.3 Å². The summed E-state index contributed by atoms with van der Waals surface area (Å²) >= 11 is 0. The second kappa shape index (κ2) is 8.54. The Morgan fingerprint density at radius 3 is 2.48 bits per heavy atom. The maximum Gasteiger partial charge on any atom is 0.248 e. The van der Waals surface area contributed by atoms with E-state index in [1.165, 1.54) is 20.1 Å². The van der Waals surface area contributed by atoms with Crippen molar-refractivity contribution in [2.75, 3.05) is 24.9 Å². The molecule has 6 heteroatoms. The summed E-state index contributed by atoms with van der Waals surface area (Å²) in [5.41, 5.74) is 1.88. The smallest absolute Gasteiger partial charge is 0.248 e. The maximum absolute atomic E-state index is 12.2. The molecular weight excluding hydrogens is 320 g/mol. The van der Waals surface area contributed by atoms with Gasteiger partial charge in [-0.2, -0.15) is 0 Å². The average Bonchev–Trinajstić information content (AvgIpc) is 2.60. The standard InChI is InChI=1S/C19H20N2O4/c1-13(22)20-15-8-9-18(25-3)17(12-15)21-19(23)10-7-14-5-4-6-16(11-14)24-2/h4-12H,1-3H3,(H,20,22)(H,21,23)/b10-7+. The van der Waals surface area contributed by atoms with Gasteiger partial charge in [0, 0.05) is 18.7 Å². The Kier molecular flexibility index (Phi) is 6.17. The summed E-state index contributed by atoms with van der Waals surface area (Å²) in [5.74, 6) is 0.700. The fraction of sp³-hybridized carbons (Fsp3) is 0.158. The summed E-state index contributed by atoms with van der Waals surface area (Å²) in [5, 5.41) is 5.40. The highest BCUT2D eigenvalue weighted by atomic mass is 16.5. The van der Waals surface area contributed by atoms with Crippen LogP contribution in [0.3, 0.4) is 0 Å². The summed E-state index contributed by atoms with van der Waals surface area (Å²) in [6, 6.07) is 12.4. The van der Waals surface area contributed by atoms with Crippen molar-refractivity contribution in [3.8, 4) is 11.5 Å². The number of carbonyl (C=O) groups is 2. The van der Waals surface area contributed by atoms with Gasteiger partial charge in [-0.3, -0.25) is 9.59 Å². The minimum absolute atomic E-state index is 0.194. The Labute approximate surface area is 146 Å². The van der Waals surface area contributed by atoms with Crippen LogP contribution in [0.15, 0.2) is 48.5 Å². The zero-order chi connectivity index (χ0) is 18.2. The van der Waals surface area contributed by atoms with Gasteiger partial charge in [-0.15, -0.1) is 0 Å². The molecule has 0 aliphatic carbocycles. The van der Waals surface area contributed by atoms with Gasteiger partial charge in [0.15, 0.2) is 0 Å². The summed E-state index contributed by atoms with van der Waals surface area (Å²) in [4.78, 5) is 23.3. The van der Waals surface area contributed by atoms with Crippen molar-refractivity contribution in [3.63, 3.8) is 0 Å². The number of methoxy groups -OCH3 is 2. The molecule has 25 heavy (non-hydrogen) atoms. The molecule has 2 aromatic carbocycles. The summed E-state index contributed by atoms with van der Waals surface area (Å²) in [6.45, 7) is 1.42. The lowest BCUT2D eigenvalue weighted by atomic mass is 10.2. The van der Waals surface area contributed by atoms with Crippen molar-refractivity contribution in [3.05, 3.63) is 54.1 Å². The quantitative estimate of drug-likeness (QED) is 0.791. The van der Waals surface area contributed by atoms with Crippen molar-refractivity contribution in [2.24, 2.45) is 0 Å². The highest BCUT2D eigenvalue weighted by Crippen LogP contribution is 2.28. The number of hydrogen-bond acceptors (Lipinski definition) is 4. The molecule has 0 aliphatic rings. The summed E-state index contributed by atoms with van der Waals surface area (Å²) in [6.07, 6.45) is 3.10. The van der Waals surface area contributed by atoms with Crippen molar-refractivity contribution in [1.29, 1.82) is 0 Å². The van der Waals surface area contributed by atoms with Gasteiger partial charge in [0.1, 0.15) is 11.5 Å². The normalized spacial score (nSPS) is 10.4. The first-order chi connectivity index (χ1) is 12.0. The average molecular weight is 340 g/mol. The molecule has 0 unspecified atom stereocenters. The van der Waals surface area contributed by atoms with Gasteiger partial charge in [0.05, 0.1) is 19.9 Å². The second-order valence-electron chi connectivity index (χ2n) is 5.20. The van der Waals surface area contributed by atoms with Crippen LogP contribution in [0.5, 0.6) is 11.5 Å². The SMILES string of the molecule is COc1cccc(/C=C/C(=O)Nc2cc(NC(C)=O)ccc2OC)c1. The van der Waals surface area contributed by atoms with Gasteiger partial charge in [-0.05, 0) is 42.0 Å². The van der Waals surface area contributed by atoms with Crippen LogP contribution >= 0.6 is 0 Å². The molecule has 2 aromatic rings. The molecular formula is C19H20N2O4. The molecule has 0 aromatic heterocycles. The molecule has 0 radical (unpaired) electrons. The zero-order valence-electron chi connectivity index (χ0n) is 14.3. The molecule has 0 saturated heterocycles. The van der Waals surface area contributed by atoms with E-state index in [4.69, 9.17) is 9.47 Å². The van der Waals surface area contributed by atoms with Gasteiger partial charge in [-0.1, -0.05) is 12.1 Å². The first-order valence-corrected chi connectivity index (χ1v) is 7.60. The Hall–Kier alpha value is -3.28. The predicted molar refractivity (Wildman–Crippen MR) is 98.0 cm³/mol. The lowest BCUT2D eigenvalue weighted by Gasteiger charge is -2.11. The molecule has 2 amide bonds. The van der Waals surface area contributed by atoms with E-state index in [-0.39, 0.29) is 11.8 Å². The molecule has 6 nitrogen and oxygen atoms in total. The molecule has 130 valence electrons. The van der Waals surface area contributed by atoms with Gasteiger partial charge in [-0.25, -0.2) is 0 Å². The van der Waals surface area contributed by atoms with Crippen molar-refractivity contribution in [2.45, 2.75) is 6.92 Å². The van der Waals surface area contributed by atoms with Gasteiger partial charge < -0.3 is 20.1 Å². The van der Waals surface area contributed by atoms with E-state index >= 15 is 0 Å². The lowest BCUT2D eigenvalue weighted by Crippen LogP contribution is -2.10. The first-order valence-electron chi connectivity index (χ1n) is 7.60. The zero-order valence-corrected chi connectivity index (χ0v) is 14.3. The minimum atomic E-state index is -0.318. The molecule has 2 rings (SSSR count). The van der Waals surface area contributed by atoms with Crippen LogP contribution in [0.4, 0.5) is 11.4 Å². The monoisotopic (exact) mass is 340 g/mol. The van der Waals surface area contributed by atoms with Crippen molar-refractivity contribution in [1.82, 2.24) is 0 Å². The number of rotatable bonds is 6. The Morgan fingerprint density at radius 1 is 1.00 bits per heavy atom. The van der Waals surface area contributed by atoms with Gasteiger partial charge in [0.25, 0.3) is 0 Å². The minimum Gasteiger partial charge on any atom is -0.497 e. The van der Waals surface area contributed by atoms with Crippen LogP contribution in [-0.4, -0.2) is 26.0 Å². The molecule has 0 fully saturated rings. The molecule has 0 atom stereocenters. The number of ether oxygens (including phenoxy) is 2. The first kappa shape index (κ1) is 18.1. The van der Waals surface area contributed by atoms with E-state index in [0.717, 1.165) is 5.56 Å². The lowest BCUT2D eigenvalue weighted by molar-refractivity contribution is -0.114. The largest absolute Gasteiger partial charge is 0.497 e. The highest BCUT2D eigenvalue weighted by molar-refractivity contribution is 6.03. The molecule has 2 N–H and O–H groups in total. The Bertz CT molecular complexity index is 800. The molecule has 0 aliphatic heterocycles. The summed E-state index contributed by atoms with van der Waals surface area (Å²) < 4.78 is 10.4. The molecule has 0 saturated carbocycles. The van der Waals surface area contributed by atoms with E-state index in [0.29, 0.717) is 22.9 Å². The fourth-order valence-corrected chi connectivity index (χ4v) is 2.18. The third-order valence-corrected chi connectivity index (χ3v) is 3.30. The number of nitrogens with one attached hydrogen (secondary N) is 2. The number of benzene rings is 2. The van der Waals surface area contributed by atoms with Crippen LogP contribution < -0.4 is 20.1 Å². The number of hydrogen-bond donors (Lipinski definition) is 2. The predicted octanol–water partition coefficient (Wildman–Crippen LogP) is 3.31. The molecule has 0 spiro atoms. The maximum atomic E-state index is 12.2.